The van der Waals surface area contributed by atoms with Gasteiger partial charge in [-0.15, -0.1) is 0 Å². The third-order valence-electron chi connectivity index (χ3n) is 3.35. The lowest BCUT2D eigenvalue weighted by atomic mass is 10.1. The van der Waals surface area contributed by atoms with E-state index in [-0.39, 0.29) is 30.9 Å². The van der Waals surface area contributed by atoms with Crippen molar-refractivity contribution in [3.8, 4) is 5.75 Å². The van der Waals surface area contributed by atoms with E-state index < -0.39 is 11.8 Å². The van der Waals surface area contributed by atoms with Crippen molar-refractivity contribution in [3.63, 3.8) is 0 Å². The van der Waals surface area contributed by atoms with Gasteiger partial charge in [0.05, 0.1) is 17.5 Å². The van der Waals surface area contributed by atoms with Crippen molar-refractivity contribution in [2.75, 3.05) is 6.61 Å². The molecule has 0 radical (unpaired) electrons. The van der Waals surface area contributed by atoms with E-state index in [1.54, 1.807) is 13.0 Å². The van der Waals surface area contributed by atoms with Crippen molar-refractivity contribution in [2.45, 2.75) is 26.2 Å². The molecule has 24 heavy (non-hydrogen) atoms. The van der Waals surface area contributed by atoms with E-state index in [4.69, 9.17) is 4.74 Å². The standard InChI is InChI=1S/C18H18BrNO4/c1-2-24-16(22)9-8-15(21)17-18(23)14(19)11-13(20-17)10-12-6-4-3-5-7-12/h3-7,11,23H,2,8-10H2,1H3. The van der Waals surface area contributed by atoms with Crippen molar-refractivity contribution in [1.82, 2.24) is 4.98 Å². The number of esters is 1. The summed E-state index contributed by atoms with van der Waals surface area (Å²) in [5.74, 6) is -1.04. The lowest BCUT2D eigenvalue weighted by Crippen LogP contribution is -2.10. The Hall–Kier alpha value is -2.21. The number of hydrogen-bond acceptors (Lipinski definition) is 5. The maximum absolute atomic E-state index is 12.3. The normalized spacial score (nSPS) is 10.4. The zero-order valence-corrected chi connectivity index (χ0v) is 14.9. The summed E-state index contributed by atoms with van der Waals surface area (Å²) in [6.07, 6.45) is 0.451. The topological polar surface area (TPSA) is 76.5 Å². The number of benzene rings is 1. The molecule has 1 heterocycles. The molecule has 1 N–H and O–H groups in total. The molecule has 0 amide bonds. The fraction of sp³-hybridized carbons (Fsp3) is 0.278. The molecule has 5 nitrogen and oxygen atoms in total. The van der Waals surface area contributed by atoms with Gasteiger partial charge in [-0.2, -0.15) is 0 Å². The SMILES string of the molecule is CCOC(=O)CCC(=O)c1nc(Cc2ccccc2)cc(Br)c1O. The molecule has 0 fully saturated rings. The third-order valence-corrected chi connectivity index (χ3v) is 3.96. The summed E-state index contributed by atoms with van der Waals surface area (Å²) in [6, 6.07) is 11.4. The van der Waals surface area contributed by atoms with Gasteiger partial charge in [0.1, 0.15) is 5.69 Å². The molecule has 1 aromatic carbocycles. The van der Waals surface area contributed by atoms with Gasteiger partial charge in [-0.05, 0) is 34.5 Å². The first kappa shape index (κ1) is 18.1. The van der Waals surface area contributed by atoms with Crippen LogP contribution in [0.15, 0.2) is 40.9 Å². The van der Waals surface area contributed by atoms with Gasteiger partial charge >= 0.3 is 5.97 Å². The Morgan fingerprint density at radius 2 is 1.92 bits per heavy atom. The number of ether oxygens (including phenoxy) is 1. The number of carbonyl (C=O) groups is 2. The zero-order chi connectivity index (χ0) is 17.5. The van der Waals surface area contributed by atoms with E-state index in [1.807, 2.05) is 30.3 Å². The lowest BCUT2D eigenvalue weighted by molar-refractivity contribution is -0.143. The molecule has 0 saturated heterocycles. The highest BCUT2D eigenvalue weighted by Gasteiger charge is 2.18. The summed E-state index contributed by atoms with van der Waals surface area (Å²) < 4.78 is 5.21. The van der Waals surface area contributed by atoms with Gasteiger partial charge < -0.3 is 9.84 Å². The number of rotatable bonds is 7. The predicted octanol–water partition coefficient (Wildman–Crippen LogP) is 3.67. The highest BCUT2D eigenvalue weighted by atomic mass is 79.9. The molecule has 0 aliphatic heterocycles. The average molecular weight is 392 g/mol. The lowest BCUT2D eigenvalue weighted by Gasteiger charge is -2.09. The predicted molar refractivity (Wildman–Crippen MR) is 93.0 cm³/mol. The molecule has 0 aliphatic rings. The number of halogens is 1. The molecule has 126 valence electrons. The first-order valence-corrected chi connectivity index (χ1v) is 8.41. The van der Waals surface area contributed by atoms with Crippen LogP contribution in [0.4, 0.5) is 0 Å². The smallest absolute Gasteiger partial charge is 0.306 e. The molecule has 0 spiro atoms. The number of nitrogens with zero attached hydrogens (tertiary/aromatic N) is 1. The van der Waals surface area contributed by atoms with Crippen LogP contribution in [0.3, 0.4) is 0 Å². The molecular formula is C18H18BrNO4. The van der Waals surface area contributed by atoms with Gasteiger partial charge in [0, 0.05) is 18.5 Å². The van der Waals surface area contributed by atoms with Crippen LogP contribution in [-0.2, 0) is 16.0 Å². The van der Waals surface area contributed by atoms with Crippen LogP contribution in [0.5, 0.6) is 5.75 Å². The number of pyridine rings is 1. The molecule has 2 aromatic rings. The Kier molecular flexibility index (Phi) is 6.49. The van der Waals surface area contributed by atoms with Gasteiger partial charge in [-0.1, -0.05) is 30.3 Å². The van der Waals surface area contributed by atoms with Gasteiger partial charge in [-0.3, -0.25) is 9.59 Å². The highest BCUT2D eigenvalue weighted by Crippen LogP contribution is 2.29. The van der Waals surface area contributed by atoms with Crippen LogP contribution in [0.25, 0.3) is 0 Å². The Bertz CT molecular complexity index is 731. The largest absolute Gasteiger partial charge is 0.504 e. The van der Waals surface area contributed by atoms with Crippen molar-refractivity contribution in [1.29, 1.82) is 0 Å². The van der Waals surface area contributed by atoms with Crippen molar-refractivity contribution >= 4 is 27.7 Å². The summed E-state index contributed by atoms with van der Waals surface area (Å²) in [6.45, 7) is 1.98. The molecule has 0 atom stereocenters. The summed E-state index contributed by atoms with van der Waals surface area (Å²) >= 11 is 3.25. The third kappa shape index (κ3) is 4.89. The Morgan fingerprint density at radius 1 is 1.21 bits per heavy atom. The van der Waals surface area contributed by atoms with E-state index >= 15 is 0 Å². The average Bonchev–Trinajstić information content (AvgIpc) is 2.57. The maximum atomic E-state index is 12.3. The van der Waals surface area contributed by atoms with Gasteiger partial charge in [0.2, 0.25) is 0 Å². The van der Waals surface area contributed by atoms with Crippen LogP contribution in [-0.4, -0.2) is 28.4 Å². The second-order valence-corrected chi connectivity index (χ2v) is 6.04. The van der Waals surface area contributed by atoms with Crippen LogP contribution in [0.2, 0.25) is 0 Å². The second kappa shape index (κ2) is 8.59. The number of carbonyl (C=O) groups excluding carboxylic acids is 2. The Labute approximate surface area is 148 Å². The summed E-state index contributed by atoms with van der Waals surface area (Å²) in [5.41, 5.74) is 1.68. The van der Waals surface area contributed by atoms with Crippen molar-refractivity contribution in [2.24, 2.45) is 0 Å². The van der Waals surface area contributed by atoms with E-state index in [9.17, 15) is 14.7 Å². The quantitative estimate of drug-likeness (QED) is 0.575. The second-order valence-electron chi connectivity index (χ2n) is 5.18. The first-order valence-electron chi connectivity index (χ1n) is 7.62. The minimum absolute atomic E-state index is 0.0281. The highest BCUT2D eigenvalue weighted by molar-refractivity contribution is 9.10. The van der Waals surface area contributed by atoms with Gasteiger partial charge in [-0.25, -0.2) is 4.98 Å². The number of Topliss-reactive ketones (excluding diaryl/α,β-unsaturated/α-hetero) is 1. The molecule has 0 aliphatic carbocycles. The van der Waals surface area contributed by atoms with Gasteiger partial charge in [0.15, 0.2) is 11.5 Å². The van der Waals surface area contributed by atoms with Crippen molar-refractivity contribution < 1.29 is 19.4 Å². The number of ketones is 1. The number of hydrogen-bond donors (Lipinski definition) is 1. The van der Waals surface area contributed by atoms with Crippen molar-refractivity contribution in [3.05, 3.63) is 57.8 Å². The zero-order valence-electron chi connectivity index (χ0n) is 13.3. The molecule has 0 unspecified atom stereocenters. The minimum Gasteiger partial charge on any atom is -0.504 e. The first-order chi connectivity index (χ1) is 11.5. The Balaban J connectivity index is 2.17. The fourth-order valence-electron chi connectivity index (χ4n) is 2.21. The van der Waals surface area contributed by atoms with E-state index in [0.717, 1.165) is 5.56 Å². The molecule has 0 bridgehead atoms. The van der Waals surface area contributed by atoms with E-state index in [2.05, 4.69) is 20.9 Å². The van der Waals surface area contributed by atoms with Crippen LogP contribution >= 0.6 is 15.9 Å². The summed E-state index contributed by atoms with van der Waals surface area (Å²) in [5, 5.41) is 10.1. The molecule has 6 heteroatoms. The monoisotopic (exact) mass is 391 g/mol. The number of aromatic hydroxyl groups is 1. The molecule has 2 rings (SSSR count). The number of aromatic nitrogens is 1. The summed E-state index contributed by atoms with van der Waals surface area (Å²) in [7, 11) is 0. The van der Waals surface area contributed by atoms with Crippen LogP contribution < -0.4 is 0 Å². The van der Waals surface area contributed by atoms with E-state index in [0.29, 0.717) is 16.6 Å². The van der Waals surface area contributed by atoms with E-state index in [1.165, 1.54) is 0 Å². The van der Waals surface area contributed by atoms with Crippen LogP contribution in [0.1, 0.15) is 41.5 Å². The Morgan fingerprint density at radius 3 is 2.58 bits per heavy atom. The fourth-order valence-corrected chi connectivity index (χ4v) is 2.67. The van der Waals surface area contributed by atoms with Crippen LogP contribution in [0, 0.1) is 0 Å². The summed E-state index contributed by atoms with van der Waals surface area (Å²) in [4.78, 5) is 27.9. The molecule has 1 aromatic heterocycles. The molecule has 0 saturated carbocycles. The van der Waals surface area contributed by atoms with Gasteiger partial charge in [0.25, 0.3) is 0 Å². The maximum Gasteiger partial charge on any atom is 0.306 e. The minimum atomic E-state index is -0.440. The molecular weight excluding hydrogens is 374 g/mol.